The van der Waals surface area contributed by atoms with Crippen molar-refractivity contribution >= 4 is 17.3 Å². The Kier molecular flexibility index (Phi) is 2.98. The maximum Gasteiger partial charge on any atom is 0.355 e. The molecule has 1 N–H and O–H groups in total. The molecule has 5 nitrogen and oxygen atoms in total. The van der Waals surface area contributed by atoms with Gasteiger partial charge in [0.2, 0.25) is 0 Å². The summed E-state index contributed by atoms with van der Waals surface area (Å²) in [6, 6.07) is 0. The van der Waals surface area contributed by atoms with E-state index in [0.29, 0.717) is 9.88 Å². The summed E-state index contributed by atoms with van der Waals surface area (Å²) in [5.74, 6) is -0.988. The van der Waals surface area contributed by atoms with Crippen molar-refractivity contribution in [2.45, 2.75) is 33.2 Å². The van der Waals surface area contributed by atoms with Gasteiger partial charge in [-0.05, 0) is 27.7 Å². The lowest BCUT2D eigenvalue weighted by molar-refractivity contribution is 0.0690. The van der Waals surface area contributed by atoms with E-state index in [2.05, 4.69) is 30.9 Å². The SMILES string of the molecule is Cc1sc(-c2cnn(C(C)(C)C)c2)nc1C(=O)O. The second-order valence-electron chi connectivity index (χ2n) is 5.07. The molecule has 0 saturated heterocycles. The number of aromatic carboxylic acids is 1. The van der Waals surface area contributed by atoms with E-state index >= 15 is 0 Å². The largest absolute Gasteiger partial charge is 0.476 e. The first-order chi connectivity index (χ1) is 8.29. The average Bonchev–Trinajstić information content (AvgIpc) is 2.81. The van der Waals surface area contributed by atoms with Crippen LogP contribution in [0.3, 0.4) is 0 Å². The van der Waals surface area contributed by atoms with Gasteiger partial charge in [-0.15, -0.1) is 11.3 Å². The Balaban J connectivity index is 2.41. The van der Waals surface area contributed by atoms with Crippen molar-refractivity contribution in [3.63, 3.8) is 0 Å². The van der Waals surface area contributed by atoms with Crippen LogP contribution in [0.15, 0.2) is 12.4 Å². The Morgan fingerprint density at radius 1 is 1.44 bits per heavy atom. The quantitative estimate of drug-likeness (QED) is 0.906. The van der Waals surface area contributed by atoms with Crippen LogP contribution in [0.4, 0.5) is 0 Å². The highest BCUT2D eigenvalue weighted by Gasteiger charge is 2.18. The molecule has 0 radical (unpaired) electrons. The molecule has 0 amide bonds. The molecule has 0 unspecified atom stereocenters. The molecule has 0 aliphatic carbocycles. The van der Waals surface area contributed by atoms with Crippen molar-refractivity contribution in [3.05, 3.63) is 23.0 Å². The third kappa shape index (κ3) is 2.28. The maximum atomic E-state index is 11.0. The van der Waals surface area contributed by atoms with Gasteiger partial charge in [-0.2, -0.15) is 5.10 Å². The lowest BCUT2D eigenvalue weighted by atomic mass is 10.1. The molecule has 6 heteroatoms. The van der Waals surface area contributed by atoms with Crippen molar-refractivity contribution in [1.29, 1.82) is 0 Å². The molecule has 2 heterocycles. The summed E-state index contributed by atoms with van der Waals surface area (Å²) >= 11 is 1.37. The van der Waals surface area contributed by atoms with Crippen LogP contribution in [-0.4, -0.2) is 25.8 Å². The second kappa shape index (κ2) is 4.20. The molecule has 0 atom stereocenters. The minimum Gasteiger partial charge on any atom is -0.476 e. The molecule has 0 aliphatic rings. The number of hydrogen-bond acceptors (Lipinski definition) is 4. The van der Waals surface area contributed by atoms with Gasteiger partial charge in [0, 0.05) is 16.6 Å². The van der Waals surface area contributed by atoms with Crippen LogP contribution < -0.4 is 0 Å². The molecule has 0 saturated carbocycles. The van der Waals surface area contributed by atoms with Gasteiger partial charge in [0.1, 0.15) is 5.01 Å². The van der Waals surface area contributed by atoms with E-state index in [1.165, 1.54) is 11.3 Å². The number of aryl methyl sites for hydroxylation is 1. The van der Waals surface area contributed by atoms with Crippen molar-refractivity contribution in [3.8, 4) is 10.6 Å². The van der Waals surface area contributed by atoms with Crippen molar-refractivity contribution in [2.75, 3.05) is 0 Å². The molecule has 2 aromatic heterocycles. The van der Waals surface area contributed by atoms with Gasteiger partial charge >= 0.3 is 5.97 Å². The molecular weight excluding hydrogens is 250 g/mol. The molecule has 96 valence electrons. The summed E-state index contributed by atoms with van der Waals surface area (Å²) in [5, 5.41) is 14.0. The standard InChI is InChI=1S/C12H15N3O2S/c1-7-9(11(16)17)14-10(18-7)8-5-13-15(6-8)12(2,3)4/h5-6H,1-4H3,(H,16,17). The minimum atomic E-state index is -0.988. The van der Waals surface area contributed by atoms with Crippen LogP contribution in [0, 0.1) is 6.92 Å². The second-order valence-corrected chi connectivity index (χ2v) is 6.28. The third-order valence-corrected chi connectivity index (χ3v) is 3.54. The molecule has 0 aromatic carbocycles. The monoisotopic (exact) mass is 265 g/mol. The summed E-state index contributed by atoms with van der Waals surface area (Å²) in [7, 11) is 0. The van der Waals surface area contributed by atoms with E-state index < -0.39 is 5.97 Å². The van der Waals surface area contributed by atoms with E-state index in [9.17, 15) is 4.79 Å². The van der Waals surface area contributed by atoms with Crippen LogP contribution in [0.25, 0.3) is 10.6 Å². The van der Waals surface area contributed by atoms with Crippen LogP contribution in [0.2, 0.25) is 0 Å². The van der Waals surface area contributed by atoms with Crippen LogP contribution in [0.1, 0.15) is 36.1 Å². The zero-order valence-electron chi connectivity index (χ0n) is 10.8. The number of nitrogens with zero attached hydrogens (tertiary/aromatic N) is 3. The number of rotatable bonds is 2. The van der Waals surface area contributed by atoms with E-state index in [0.717, 1.165) is 5.56 Å². The van der Waals surface area contributed by atoms with Gasteiger partial charge in [-0.1, -0.05) is 0 Å². The molecule has 18 heavy (non-hydrogen) atoms. The van der Waals surface area contributed by atoms with E-state index in [-0.39, 0.29) is 11.2 Å². The zero-order chi connectivity index (χ0) is 13.5. The lowest BCUT2D eigenvalue weighted by Gasteiger charge is -2.18. The van der Waals surface area contributed by atoms with E-state index in [4.69, 9.17) is 5.11 Å². The first-order valence-corrected chi connectivity index (χ1v) is 6.37. The Bertz CT molecular complexity index is 593. The third-order valence-electron chi connectivity index (χ3n) is 2.52. The summed E-state index contributed by atoms with van der Waals surface area (Å²) in [6.45, 7) is 7.93. The van der Waals surface area contributed by atoms with Crippen molar-refractivity contribution < 1.29 is 9.90 Å². The predicted molar refractivity (Wildman–Crippen MR) is 70.0 cm³/mol. The highest BCUT2D eigenvalue weighted by molar-refractivity contribution is 7.15. The molecule has 0 bridgehead atoms. The Morgan fingerprint density at radius 2 is 2.11 bits per heavy atom. The fourth-order valence-corrected chi connectivity index (χ4v) is 2.40. The fraction of sp³-hybridized carbons (Fsp3) is 0.417. The highest BCUT2D eigenvalue weighted by atomic mass is 32.1. The van der Waals surface area contributed by atoms with E-state index in [1.54, 1.807) is 13.1 Å². The zero-order valence-corrected chi connectivity index (χ0v) is 11.6. The summed E-state index contributed by atoms with van der Waals surface area (Å²) in [6.07, 6.45) is 3.61. The van der Waals surface area contributed by atoms with Crippen LogP contribution in [0.5, 0.6) is 0 Å². The smallest absolute Gasteiger partial charge is 0.355 e. The summed E-state index contributed by atoms with van der Waals surface area (Å²) < 4.78 is 1.85. The highest BCUT2D eigenvalue weighted by Crippen LogP contribution is 2.28. The van der Waals surface area contributed by atoms with Gasteiger partial charge in [-0.25, -0.2) is 9.78 Å². The molecule has 0 fully saturated rings. The predicted octanol–water partition coefficient (Wildman–Crippen LogP) is 2.77. The Labute approximate surface area is 109 Å². The maximum absolute atomic E-state index is 11.0. The van der Waals surface area contributed by atoms with Gasteiger partial charge in [0.25, 0.3) is 0 Å². The number of aromatic nitrogens is 3. The number of carbonyl (C=O) groups is 1. The van der Waals surface area contributed by atoms with Gasteiger partial charge < -0.3 is 5.11 Å². The van der Waals surface area contributed by atoms with Gasteiger partial charge in [0.05, 0.1) is 11.7 Å². The Hall–Kier alpha value is -1.69. The topological polar surface area (TPSA) is 68.0 Å². The lowest BCUT2D eigenvalue weighted by Crippen LogP contribution is -2.21. The average molecular weight is 265 g/mol. The Morgan fingerprint density at radius 3 is 2.56 bits per heavy atom. The number of hydrogen-bond donors (Lipinski definition) is 1. The van der Waals surface area contributed by atoms with E-state index in [1.807, 2.05) is 10.9 Å². The summed E-state index contributed by atoms with van der Waals surface area (Å²) in [4.78, 5) is 15.8. The number of carboxylic acids is 1. The summed E-state index contributed by atoms with van der Waals surface area (Å²) in [5.41, 5.74) is 0.879. The number of thiazole rings is 1. The first-order valence-electron chi connectivity index (χ1n) is 5.55. The first kappa shape index (κ1) is 12.8. The molecule has 2 rings (SSSR count). The number of carboxylic acid groups (broad SMARTS) is 1. The van der Waals surface area contributed by atoms with Crippen LogP contribution >= 0.6 is 11.3 Å². The van der Waals surface area contributed by atoms with Gasteiger partial charge in [-0.3, -0.25) is 4.68 Å². The molecule has 0 aliphatic heterocycles. The van der Waals surface area contributed by atoms with Crippen molar-refractivity contribution in [1.82, 2.24) is 14.8 Å². The van der Waals surface area contributed by atoms with Crippen LogP contribution in [-0.2, 0) is 5.54 Å². The normalized spacial score (nSPS) is 11.8. The van der Waals surface area contributed by atoms with Gasteiger partial charge in [0.15, 0.2) is 5.69 Å². The minimum absolute atomic E-state index is 0.0970. The molecule has 0 spiro atoms. The van der Waals surface area contributed by atoms with Crippen molar-refractivity contribution in [2.24, 2.45) is 0 Å². The molecule has 2 aromatic rings. The fourth-order valence-electron chi connectivity index (χ4n) is 1.52. The molecular formula is C12H15N3O2S.